The van der Waals surface area contributed by atoms with Gasteiger partial charge >= 0.3 is 5.97 Å². The molecule has 0 spiro atoms. The molecule has 7 heteroatoms. The quantitative estimate of drug-likeness (QED) is 0.549. The molecule has 144 valence electrons. The molecule has 1 saturated carbocycles. The lowest BCUT2D eigenvalue weighted by atomic mass is 9.78. The van der Waals surface area contributed by atoms with E-state index in [1.165, 1.54) is 17.8 Å². The van der Waals surface area contributed by atoms with Crippen LogP contribution in [0.15, 0.2) is 12.1 Å². The minimum atomic E-state index is -0.863. The summed E-state index contributed by atoms with van der Waals surface area (Å²) in [5.74, 6) is 0.00451. The van der Waals surface area contributed by atoms with Crippen molar-refractivity contribution in [3.63, 3.8) is 0 Å². The van der Waals surface area contributed by atoms with Crippen LogP contribution in [0.1, 0.15) is 62.5 Å². The number of Topliss-reactive ketones (excluding diaryl/α,β-unsaturated/α-hetero) is 1. The van der Waals surface area contributed by atoms with E-state index < -0.39 is 12.1 Å². The topological polar surface area (TPSA) is 72.5 Å². The molecule has 0 aromatic carbocycles. The number of carbonyl (C=O) groups is 3. The molecular weight excluding hydrogens is 374 g/mol. The molecule has 5 nitrogen and oxygen atoms in total. The number of ether oxygens (including phenoxy) is 1. The Morgan fingerprint density at radius 1 is 1.27 bits per heavy atom. The maximum atomic E-state index is 12.3. The number of amides is 1. The van der Waals surface area contributed by atoms with E-state index in [1.54, 1.807) is 19.1 Å². The molecule has 0 saturated heterocycles. The lowest BCUT2D eigenvalue weighted by molar-refractivity contribution is -0.155. The van der Waals surface area contributed by atoms with E-state index in [4.69, 9.17) is 16.3 Å². The Labute approximate surface area is 163 Å². The highest BCUT2D eigenvalue weighted by Crippen LogP contribution is 2.29. The first-order valence-corrected chi connectivity index (χ1v) is 10.3. The van der Waals surface area contributed by atoms with E-state index in [-0.39, 0.29) is 30.6 Å². The van der Waals surface area contributed by atoms with Gasteiger partial charge in [-0.1, -0.05) is 38.3 Å². The summed E-state index contributed by atoms with van der Waals surface area (Å²) >= 11 is 6.99. The Bertz CT molecular complexity index is 660. The van der Waals surface area contributed by atoms with Gasteiger partial charge in [0.05, 0.1) is 15.6 Å². The van der Waals surface area contributed by atoms with Crippen molar-refractivity contribution >= 4 is 40.6 Å². The van der Waals surface area contributed by atoms with Crippen molar-refractivity contribution in [3.05, 3.63) is 21.3 Å². The van der Waals surface area contributed by atoms with Gasteiger partial charge in [-0.3, -0.25) is 14.4 Å². The SMILES string of the molecule is C[C@@H]1[C@H](C)CCC[C@@H]1NC(=O)[C@@H](C)OC(=O)CCC(=O)c1ccc(Cl)s1. The van der Waals surface area contributed by atoms with Gasteiger partial charge in [0, 0.05) is 12.5 Å². The van der Waals surface area contributed by atoms with Crippen molar-refractivity contribution < 1.29 is 19.1 Å². The minimum Gasteiger partial charge on any atom is -0.453 e. The van der Waals surface area contributed by atoms with Crippen LogP contribution in [0.2, 0.25) is 4.34 Å². The zero-order valence-electron chi connectivity index (χ0n) is 15.4. The van der Waals surface area contributed by atoms with Crippen LogP contribution in [0.4, 0.5) is 0 Å². The van der Waals surface area contributed by atoms with Gasteiger partial charge in [0.15, 0.2) is 11.9 Å². The first kappa shape index (κ1) is 20.9. The zero-order chi connectivity index (χ0) is 19.3. The molecule has 1 N–H and O–H groups in total. The second-order valence-corrected chi connectivity index (χ2v) is 8.76. The van der Waals surface area contributed by atoms with Gasteiger partial charge < -0.3 is 10.1 Å². The van der Waals surface area contributed by atoms with Gasteiger partial charge in [-0.05, 0) is 37.3 Å². The summed E-state index contributed by atoms with van der Waals surface area (Å²) in [6.45, 7) is 5.91. The minimum absolute atomic E-state index is 0.0428. The molecule has 2 rings (SSSR count). The van der Waals surface area contributed by atoms with Crippen molar-refractivity contribution in [2.75, 3.05) is 0 Å². The number of hydrogen-bond donors (Lipinski definition) is 1. The fourth-order valence-electron chi connectivity index (χ4n) is 3.20. The third-order valence-electron chi connectivity index (χ3n) is 5.12. The maximum Gasteiger partial charge on any atom is 0.307 e. The summed E-state index contributed by atoms with van der Waals surface area (Å²) in [6.07, 6.45) is 2.36. The highest BCUT2D eigenvalue weighted by molar-refractivity contribution is 7.18. The molecule has 1 amide bonds. The molecular formula is C19H26ClNO4S. The van der Waals surface area contributed by atoms with Crippen LogP contribution >= 0.6 is 22.9 Å². The number of halogens is 1. The maximum absolute atomic E-state index is 12.3. The smallest absolute Gasteiger partial charge is 0.307 e. The van der Waals surface area contributed by atoms with Gasteiger partial charge in [-0.15, -0.1) is 11.3 Å². The summed E-state index contributed by atoms with van der Waals surface area (Å²) in [5.41, 5.74) is 0. The number of rotatable bonds is 7. The van der Waals surface area contributed by atoms with Crippen LogP contribution in [-0.4, -0.2) is 29.8 Å². The van der Waals surface area contributed by atoms with E-state index in [1.807, 2.05) is 0 Å². The lowest BCUT2D eigenvalue weighted by Crippen LogP contribution is -2.47. The number of hydrogen-bond acceptors (Lipinski definition) is 5. The Kier molecular flexibility index (Phi) is 7.65. The molecule has 1 heterocycles. The molecule has 1 aliphatic rings. The second-order valence-electron chi connectivity index (χ2n) is 7.04. The van der Waals surface area contributed by atoms with Crippen LogP contribution in [0.5, 0.6) is 0 Å². The van der Waals surface area contributed by atoms with Gasteiger partial charge in [0.1, 0.15) is 0 Å². The molecule has 1 aromatic heterocycles. The van der Waals surface area contributed by atoms with Crippen molar-refractivity contribution in [1.29, 1.82) is 0 Å². The summed E-state index contributed by atoms with van der Waals surface area (Å²) in [6, 6.07) is 3.41. The van der Waals surface area contributed by atoms with Gasteiger partial charge in [-0.25, -0.2) is 0 Å². The largest absolute Gasteiger partial charge is 0.453 e. The van der Waals surface area contributed by atoms with Gasteiger partial charge in [-0.2, -0.15) is 0 Å². The number of esters is 1. The van der Waals surface area contributed by atoms with Crippen LogP contribution < -0.4 is 5.32 Å². The molecule has 4 atom stereocenters. The fourth-order valence-corrected chi connectivity index (χ4v) is 4.21. The number of nitrogens with one attached hydrogen (secondary N) is 1. The van der Waals surface area contributed by atoms with Crippen LogP contribution in [0.3, 0.4) is 0 Å². The highest BCUT2D eigenvalue weighted by Gasteiger charge is 2.30. The van der Waals surface area contributed by atoms with E-state index >= 15 is 0 Å². The van der Waals surface area contributed by atoms with Crippen molar-refractivity contribution in [2.45, 2.75) is 65.0 Å². The first-order chi connectivity index (χ1) is 12.3. The Morgan fingerprint density at radius 3 is 2.65 bits per heavy atom. The molecule has 1 fully saturated rings. The summed E-state index contributed by atoms with van der Waals surface area (Å²) in [5, 5.41) is 3.00. The molecule has 26 heavy (non-hydrogen) atoms. The molecule has 0 unspecified atom stereocenters. The van der Waals surface area contributed by atoms with Gasteiger partial charge in [0.2, 0.25) is 0 Å². The highest BCUT2D eigenvalue weighted by atomic mass is 35.5. The third kappa shape index (κ3) is 5.81. The van der Waals surface area contributed by atoms with E-state index in [0.717, 1.165) is 12.8 Å². The predicted molar refractivity (Wildman–Crippen MR) is 103 cm³/mol. The average Bonchev–Trinajstić information content (AvgIpc) is 3.03. The standard InChI is InChI=1S/C19H26ClNO4S/c1-11-5-4-6-14(12(11)2)21-19(24)13(3)25-18(23)10-7-15(22)16-8-9-17(20)26-16/h8-9,11-14H,4-7,10H2,1-3H3,(H,21,24)/t11-,12-,13-,14+/m1/s1. The number of thiophene rings is 1. The van der Waals surface area contributed by atoms with Crippen LogP contribution in [0, 0.1) is 11.8 Å². The number of ketones is 1. The molecule has 0 bridgehead atoms. The first-order valence-electron chi connectivity index (χ1n) is 9.06. The van der Waals surface area contributed by atoms with Crippen LogP contribution in [0.25, 0.3) is 0 Å². The van der Waals surface area contributed by atoms with Gasteiger partial charge in [0.25, 0.3) is 5.91 Å². The van der Waals surface area contributed by atoms with E-state index in [2.05, 4.69) is 19.2 Å². The fraction of sp³-hybridized carbons (Fsp3) is 0.632. The van der Waals surface area contributed by atoms with Crippen molar-refractivity contribution in [1.82, 2.24) is 5.32 Å². The molecule has 1 aliphatic carbocycles. The summed E-state index contributed by atoms with van der Waals surface area (Å²) < 4.78 is 5.72. The third-order valence-corrected chi connectivity index (χ3v) is 6.39. The van der Waals surface area contributed by atoms with Crippen molar-refractivity contribution in [3.8, 4) is 0 Å². The summed E-state index contributed by atoms with van der Waals surface area (Å²) in [4.78, 5) is 36.7. The Morgan fingerprint density at radius 2 is 2.00 bits per heavy atom. The molecule has 0 radical (unpaired) electrons. The molecule has 0 aliphatic heterocycles. The Hall–Kier alpha value is -1.40. The molecule has 1 aromatic rings. The lowest BCUT2D eigenvalue weighted by Gasteiger charge is -2.35. The second kappa shape index (κ2) is 9.51. The average molecular weight is 400 g/mol. The number of carbonyl (C=O) groups excluding carboxylic acids is 3. The monoisotopic (exact) mass is 399 g/mol. The Balaban J connectivity index is 1.75. The normalized spacial score (nSPS) is 23.9. The van der Waals surface area contributed by atoms with Crippen molar-refractivity contribution in [2.24, 2.45) is 11.8 Å². The van der Waals surface area contributed by atoms with Crippen LogP contribution in [-0.2, 0) is 14.3 Å². The summed E-state index contributed by atoms with van der Waals surface area (Å²) in [7, 11) is 0. The van der Waals surface area contributed by atoms with E-state index in [0.29, 0.717) is 21.0 Å². The zero-order valence-corrected chi connectivity index (χ0v) is 17.0. The van der Waals surface area contributed by atoms with E-state index in [9.17, 15) is 14.4 Å². The predicted octanol–water partition coefficient (Wildman–Crippen LogP) is 4.24.